The van der Waals surface area contributed by atoms with Crippen LogP contribution in [0.1, 0.15) is 5.56 Å². The normalized spacial score (nSPS) is 10.8. The second-order valence-corrected chi connectivity index (χ2v) is 6.04. The molecule has 0 aromatic heterocycles. The highest BCUT2D eigenvalue weighted by Crippen LogP contribution is 2.22. The van der Waals surface area contributed by atoms with Gasteiger partial charge in [0.1, 0.15) is 10.6 Å². The highest BCUT2D eigenvalue weighted by molar-refractivity contribution is 7.87. The maximum Gasteiger partial charge on any atom is 0.411 e. The van der Waals surface area contributed by atoms with Crippen LogP contribution in [0, 0.1) is 6.92 Å². The maximum absolute atomic E-state index is 12.2. The maximum atomic E-state index is 12.2. The highest BCUT2D eigenvalue weighted by atomic mass is 32.2. The Morgan fingerprint density at radius 3 is 2.41 bits per heavy atom. The lowest BCUT2D eigenvalue weighted by atomic mass is 10.2. The summed E-state index contributed by atoms with van der Waals surface area (Å²) >= 11 is 0. The van der Waals surface area contributed by atoms with Crippen LogP contribution in [0.3, 0.4) is 0 Å². The first kappa shape index (κ1) is 15.8. The van der Waals surface area contributed by atoms with Crippen molar-refractivity contribution in [3.05, 3.63) is 54.1 Å². The van der Waals surface area contributed by atoms with Crippen LogP contribution in [-0.2, 0) is 14.9 Å². The third kappa shape index (κ3) is 3.98. The lowest BCUT2D eigenvalue weighted by Gasteiger charge is -2.09. The van der Waals surface area contributed by atoms with E-state index >= 15 is 0 Å². The minimum atomic E-state index is -3.92. The van der Waals surface area contributed by atoms with E-state index in [9.17, 15) is 13.2 Å². The van der Waals surface area contributed by atoms with Gasteiger partial charge in [0.15, 0.2) is 0 Å². The molecule has 0 aliphatic heterocycles. The fraction of sp³-hybridized carbons (Fsp3) is 0.133. The van der Waals surface area contributed by atoms with Crippen molar-refractivity contribution in [3.8, 4) is 5.75 Å². The molecule has 0 radical (unpaired) electrons. The van der Waals surface area contributed by atoms with Crippen molar-refractivity contribution < 1.29 is 22.1 Å². The first-order chi connectivity index (χ1) is 10.4. The second kappa shape index (κ2) is 6.48. The molecule has 0 unspecified atom stereocenters. The molecular weight excluding hydrogens is 306 g/mol. The number of methoxy groups -OCH3 is 1. The van der Waals surface area contributed by atoms with E-state index < -0.39 is 16.2 Å². The summed E-state index contributed by atoms with van der Waals surface area (Å²) in [6.45, 7) is 1.86. The van der Waals surface area contributed by atoms with E-state index in [1.807, 2.05) is 6.92 Å². The molecule has 6 nitrogen and oxygen atoms in total. The molecule has 22 heavy (non-hydrogen) atoms. The molecule has 0 spiro atoms. The first-order valence-electron chi connectivity index (χ1n) is 6.37. The van der Waals surface area contributed by atoms with E-state index in [-0.39, 0.29) is 10.6 Å². The van der Waals surface area contributed by atoms with Gasteiger partial charge in [0, 0.05) is 11.8 Å². The van der Waals surface area contributed by atoms with Crippen LogP contribution >= 0.6 is 0 Å². The number of aryl methyl sites for hydroxylation is 1. The molecule has 0 saturated heterocycles. The summed E-state index contributed by atoms with van der Waals surface area (Å²) in [6.07, 6.45) is -0.654. The summed E-state index contributed by atoms with van der Waals surface area (Å²) in [5.41, 5.74) is 1.31. The number of anilines is 1. The molecule has 0 aliphatic rings. The number of rotatable bonds is 4. The van der Waals surface area contributed by atoms with E-state index in [2.05, 4.69) is 10.1 Å². The van der Waals surface area contributed by atoms with Gasteiger partial charge in [-0.2, -0.15) is 8.42 Å². The van der Waals surface area contributed by atoms with Crippen LogP contribution in [0.25, 0.3) is 0 Å². The Morgan fingerprint density at radius 1 is 1.09 bits per heavy atom. The Kier molecular flexibility index (Phi) is 4.67. The SMILES string of the molecule is COC(=O)Nc1cccc(OS(=O)(=O)c2ccc(C)cc2)c1. The fourth-order valence-corrected chi connectivity index (χ4v) is 2.60. The van der Waals surface area contributed by atoms with Crippen LogP contribution < -0.4 is 9.50 Å². The average molecular weight is 321 g/mol. The Labute approximate surface area is 128 Å². The van der Waals surface area contributed by atoms with Crippen molar-refractivity contribution >= 4 is 21.9 Å². The smallest absolute Gasteiger partial charge is 0.411 e. The number of hydrogen-bond donors (Lipinski definition) is 1. The number of benzene rings is 2. The van der Waals surface area contributed by atoms with Gasteiger partial charge in [-0.25, -0.2) is 4.79 Å². The number of ether oxygens (including phenoxy) is 1. The van der Waals surface area contributed by atoms with Crippen LogP contribution in [0.2, 0.25) is 0 Å². The Balaban J connectivity index is 2.21. The monoisotopic (exact) mass is 321 g/mol. The molecule has 2 aromatic carbocycles. The first-order valence-corrected chi connectivity index (χ1v) is 7.78. The quantitative estimate of drug-likeness (QED) is 0.876. The summed E-state index contributed by atoms with van der Waals surface area (Å²) in [7, 11) is -2.69. The average Bonchev–Trinajstić information content (AvgIpc) is 2.47. The lowest BCUT2D eigenvalue weighted by molar-refractivity contribution is 0.187. The van der Waals surface area contributed by atoms with Crippen molar-refractivity contribution in [2.75, 3.05) is 12.4 Å². The topological polar surface area (TPSA) is 81.7 Å². The lowest BCUT2D eigenvalue weighted by Crippen LogP contribution is -2.12. The van der Waals surface area contributed by atoms with Crippen LogP contribution in [0.5, 0.6) is 5.75 Å². The van der Waals surface area contributed by atoms with Gasteiger partial charge in [-0.05, 0) is 31.2 Å². The molecule has 2 rings (SSSR count). The zero-order chi connectivity index (χ0) is 16.2. The molecular formula is C15H15NO5S. The number of carbonyl (C=O) groups excluding carboxylic acids is 1. The predicted molar refractivity (Wildman–Crippen MR) is 81.5 cm³/mol. The van der Waals surface area contributed by atoms with Gasteiger partial charge in [0.2, 0.25) is 0 Å². The molecule has 1 amide bonds. The molecule has 0 aliphatic carbocycles. The van der Waals surface area contributed by atoms with Crippen molar-refractivity contribution in [1.29, 1.82) is 0 Å². The van der Waals surface area contributed by atoms with Gasteiger partial charge in [-0.3, -0.25) is 5.32 Å². The van der Waals surface area contributed by atoms with E-state index in [4.69, 9.17) is 4.18 Å². The van der Waals surface area contributed by atoms with Gasteiger partial charge in [0.05, 0.1) is 7.11 Å². The molecule has 0 saturated carbocycles. The van der Waals surface area contributed by atoms with Crippen LogP contribution in [-0.4, -0.2) is 21.6 Å². The standard InChI is InChI=1S/C15H15NO5S/c1-11-6-8-14(9-7-11)22(18,19)21-13-5-3-4-12(10-13)16-15(17)20-2/h3-10H,1-2H3,(H,16,17). The number of carbonyl (C=O) groups is 1. The summed E-state index contributed by atoms with van der Waals surface area (Å²) < 4.78 is 33.9. The molecule has 116 valence electrons. The molecule has 2 aromatic rings. The molecule has 0 atom stereocenters. The van der Waals surface area contributed by atoms with Gasteiger partial charge >= 0.3 is 16.2 Å². The zero-order valence-electron chi connectivity index (χ0n) is 12.1. The number of amides is 1. The zero-order valence-corrected chi connectivity index (χ0v) is 12.9. The van der Waals surface area contributed by atoms with E-state index in [0.29, 0.717) is 5.69 Å². The Hall–Kier alpha value is -2.54. The Morgan fingerprint density at radius 2 is 1.77 bits per heavy atom. The summed E-state index contributed by atoms with van der Waals surface area (Å²) in [4.78, 5) is 11.2. The van der Waals surface area contributed by atoms with Crippen molar-refractivity contribution in [1.82, 2.24) is 0 Å². The van der Waals surface area contributed by atoms with E-state index in [1.54, 1.807) is 24.3 Å². The number of hydrogen-bond acceptors (Lipinski definition) is 5. The van der Waals surface area contributed by atoms with Crippen LogP contribution in [0.15, 0.2) is 53.4 Å². The fourth-order valence-electron chi connectivity index (χ4n) is 1.67. The summed E-state index contributed by atoms with van der Waals surface area (Å²) in [5.74, 6) is 0.0921. The van der Waals surface area contributed by atoms with Gasteiger partial charge in [-0.15, -0.1) is 0 Å². The molecule has 0 bridgehead atoms. The minimum Gasteiger partial charge on any atom is -0.453 e. The summed E-state index contributed by atoms with van der Waals surface area (Å²) in [6, 6.07) is 12.3. The predicted octanol–water partition coefficient (Wildman–Crippen LogP) is 2.94. The van der Waals surface area contributed by atoms with E-state index in [1.165, 1.54) is 31.4 Å². The molecule has 0 heterocycles. The second-order valence-electron chi connectivity index (χ2n) is 4.49. The number of nitrogens with one attached hydrogen (secondary N) is 1. The van der Waals surface area contributed by atoms with Crippen molar-refractivity contribution in [2.24, 2.45) is 0 Å². The molecule has 0 fully saturated rings. The third-order valence-corrected chi connectivity index (χ3v) is 4.04. The Bertz CT molecular complexity index is 769. The van der Waals surface area contributed by atoms with Crippen molar-refractivity contribution in [3.63, 3.8) is 0 Å². The van der Waals surface area contributed by atoms with E-state index in [0.717, 1.165) is 5.56 Å². The molecule has 7 heteroatoms. The largest absolute Gasteiger partial charge is 0.453 e. The van der Waals surface area contributed by atoms with Crippen LogP contribution in [0.4, 0.5) is 10.5 Å². The summed E-state index contributed by atoms with van der Waals surface area (Å²) in [5, 5.41) is 2.43. The van der Waals surface area contributed by atoms with Gasteiger partial charge < -0.3 is 8.92 Å². The minimum absolute atomic E-state index is 0.0597. The molecule has 1 N–H and O–H groups in total. The van der Waals surface area contributed by atoms with Gasteiger partial charge in [0.25, 0.3) is 0 Å². The van der Waals surface area contributed by atoms with Crippen molar-refractivity contribution in [2.45, 2.75) is 11.8 Å². The third-order valence-electron chi connectivity index (χ3n) is 2.78. The highest BCUT2D eigenvalue weighted by Gasteiger charge is 2.16. The van der Waals surface area contributed by atoms with Gasteiger partial charge in [-0.1, -0.05) is 23.8 Å².